The molecule has 0 saturated carbocycles. The summed E-state index contributed by atoms with van der Waals surface area (Å²) in [6, 6.07) is 8.53. The molecule has 0 fully saturated rings. The van der Waals surface area contributed by atoms with Crippen molar-refractivity contribution in [2.75, 3.05) is 0 Å². The molecule has 0 saturated heterocycles. The number of hydrogen-bond acceptors (Lipinski definition) is 1. The lowest BCUT2D eigenvalue weighted by atomic mass is 9.88. The van der Waals surface area contributed by atoms with Crippen molar-refractivity contribution < 1.29 is 4.79 Å². The number of aryl methyl sites for hydroxylation is 1. The van der Waals surface area contributed by atoms with Crippen LogP contribution in [0.1, 0.15) is 45.6 Å². The molecule has 0 amide bonds. The highest BCUT2D eigenvalue weighted by atomic mass is 127. The van der Waals surface area contributed by atoms with Gasteiger partial charge in [0, 0.05) is 16.4 Å². The average molecular weight is 344 g/mol. The van der Waals surface area contributed by atoms with E-state index in [4.69, 9.17) is 0 Å². The molecule has 0 atom stereocenters. The minimum Gasteiger partial charge on any atom is -0.300 e. The number of hydrogen-bond donors (Lipinski definition) is 0. The summed E-state index contributed by atoms with van der Waals surface area (Å²) in [5.74, 6) is 0.392. The molecule has 0 unspecified atom stereocenters. The van der Waals surface area contributed by atoms with Crippen LogP contribution in [0.5, 0.6) is 0 Å². The summed E-state index contributed by atoms with van der Waals surface area (Å²) in [7, 11) is 0. The van der Waals surface area contributed by atoms with Crippen molar-refractivity contribution in [1.29, 1.82) is 0 Å². The quantitative estimate of drug-likeness (QED) is 0.713. The first kappa shape index (κ1) is 14.7. The molecule has 0 aliphatic rings. The van der Waals surface area contributed by atoms with Gasteiger partial charge in [-0.3, -0.25) is 4.79 Å². The van der Waals surface area contributed by atoms with Crippen molar-refractivity contribution >= 4 is 28.4 Å². The summed E-state index contributed by atoms with van der Waals surface area (Å²) in [6.45, 7) is 6.35. The fraction of sp³-hybridized carbons (Fsp3) is 0.533. The van der Waals surface area contributed by atoms with Crippen molar-refractivity contribution in [1.82, 2.24) is 0 Å². The maximum absolute atomic E-state index is 11.7. The zero-order chi connectivity index (χ0) is 12.9. The number of halogens is 1. The molecule has 2 heteroatoms. The largest absolute Gasteiger partial charge is 0.300 e. The molecule has 1 nitrogen and oxygen atoms in total. The molecule has 1 aromatic carbocycles. The molecular weight excluding hydrogens is 323 g/mol. The van der Waals surface area contributed by atoms with Gasteiger partial charge in [0.25, 0.3) is 0 Å². The third-order valence-electron chi connectivity index (χ3n) is 2.56. The highest BCUT2D eigenvalue weighted by Crippen LogP contribution is 2.20. The molecule has 0 heterocycles. The number of rotatable bonds is 5. The van der Waals surface area contributed by atoms with E-state index in [1.54, 1.807) is 0 Å². The minimum absolute atomic E-state index is 0.125. The molecule has 0 aliphatic carbocycles. The van der Waals surface area contributed by atoms with Gasteiger partial charge in [-0.25, -0.2) is 0 Å². The Balaban J connectivity index is 2.28. The van der Waals surface area contributed by atoms with Crippen molar-refractivity contribution in [3.05, 3.63) is 33.4 Å². The first-order chi connectivity index (χ1) is 7.87. The van der Waals surface area contributed by atoms with Crippen molar-refractivity contribution in [3.8, 4) is 0 Å². The molecule has 0 aromatic heterocycles. The first-order valence-corrected chi connectivity index (χ1v) is 7.21. The summed E-state index contributed by atoms with van der Waals surface area (Å²) in [5.41, 5.74) is 1.45. The van der Waals surface area contributed by atoms with Crippen LogP contribution in [0, 0.1) is 8.99 Å². The summed E-state index contributed by atoms with van der Waals surface area (Å²) in [6.07, 6.45) is 3.38. The van der Waals surface area contributed by atoms with Gasteiger partial charge in [0.05, 0.1) is 0 Å². The zero-order valence-electron chi connectivity index (χ0n) is 10.9. The van der Waals surface area contributed by atoms with E-state index in [1.165, 1.54) is 9.13 Å². The van der Waals surface area contributed by atoms with Crippen LogP contribution in [-0.2, 0) is 11.2 Å². The van der Waals surface area contributed by atoms with Gasteiger partial charge in [-0.05, 0) is 58.5 Å². The lowest BCUT2D eigenvalue weighted by Gasteiger charge is -2.16. The number of benzene rings is 1. The Morgan fingerprint density at radius 2 is 1.76 bits per heavy atom. The summed E-state index contributed by atoms with van der Waals surface area (Å²) in [5, 5.41) is 0. The molecule has 17 heavy (non-hydrogen) atoms. The summed E-state index contributed by atoms with van der Waals surface area (Å²) < 4.78 is 1.26. The van der Waals surface area contributed by atoms with E-state index in [0.717, 1.165) is 12.8 Å². The molecule has 0 aliphatic heterocycles. The second kappa shape index (κ2) is 6.53. The van der Waals surface area contributed by atoms with E-state index in [2.05, 4.69) is 67.6 Å². The van der Waals surface area contributed by atoms with E-state index >= 15 is 0 Å². The van der Waals surface area contributed by atoms with Crippen LogP contribution < -0.4 is 0 Å². The number of ketones is 1. The molecule has 1 aromatic rings. The Kier molecular flexibility index (Phi) is 5.63. The van der Waals surface area contributed by atoms with Crippen LogP contribution >= 0.6 is 22.6 Å². The summed E-state index contributed by atoms with van der Waals surface area (Å²) in [4.78, 5) is 11.7. The molecule has 0 N–H and O–H groups in total. The predicted octanol–water partition coefficient (Wildman–Crippen LogP) is 4.62. The van der Waals surface area contributed by atoms with Crippen LogP contribution in [0.4, 0.5) is 0 Å². The third-order valence-corrected chi connectivity index (χ3v) is 3.28. The number of carbonyl (C=O) groups excluding carboxylic acids is 1. The fourth-order valence-electron chi connectivity index (χ4n) is 1.82. The summed E-state index contributed by atoms with van der Waals surface area (Å²) >= 11 is 2.31. The lowest BCUT2D eigenvalue weighted by molar-refractivity contribution is -0.120. The van der Waals surface area contributed by atoms with Crippen LogP contribution in [0.3, 0.4) is 0 Å². The number of carbonyl (C=O) groups is 1. The van der Waals surface area contributed by atoms with E-state index in [-0.39, 0.29) is 5.41 Å². The van der Waals surface area contributed by atoms with E-state index in [1.807, 2.05) is 0 Å². The minimum atomic E-state index is 0.125. The fourth-order valence-corrected chi connectivity index (χ4v) is 2.18. The van der Waals surface area contributed by atoms with Crippen LogP contribution in [-0.4, -0.2) is 5.78 Å². The van der Waals surface area contributed by atoms with E-state index in [9.17, 15) is 4.79 Å². The average Bonchev–Trinajstić information content (AvgIpc) is 2.18. The van der Waals surface area contributed by atoms with Crippen LogP contribution in [0.2, 0.25) is 0 Å². The van der Waals surface area contributed by atoms with E-state index < -0.39 is 0 Å². The Labute approximate surface area is 118 Å². The van der Waals surface area contributed by atoms with Crippen molar-refractivity contribution in [2.24, 2.45) is 5.41 Å². The van der Waals surface area contributed by atoms with Crippen molar-refractivity contribution in [2.45, 2.75) is 46.5 Å². The SMILES string of the molecule is CC(C)(C)CC(=O)CCCc1ccc(I)cc1. The van der Waals surface area contributed by atoms with Gasteiger partial charge in [0.1, 0.15) is 5.78 Å². The van der Waals surface area contributed by atoms with Gasteiger partial charge in [-0.2, -0.15) is 0 Å². The lowest BCUT2D eigenvalue weighted by Crippen LogP contribution is -2.12. The van der Waals surface area contributed by atoms with Gasteiger partial charge in [0.15, 0.2) is 0 Å². The maximum Gasteiger partial charge on any atom is 0.133 e. The van der Waals surface area contributed by atoms with Gasteiger partial charge < -0.3 is 0 Å². The Morgan fingerprint density at radius 1 is 1.18 bits per heavy atom. The number of Topliss-reactive ketones (excluding diaryl/α,β-unsaturated/α-hetero) is 1. The maximum atomic E-state index is 11.7. The molecular formula is C15H21IO. The van der Waals surface area contributed by atoms with Gasteiger partial charge in [-0.1, -0.05) is 32.9 Å². The van der Waals surface area contributed by atoms with Gasteiger partial charge >= 0.3 is 0 Å². The molecule has 0 bridgehead atoms. The highest BCUT2D eigenvalue weighted by Gasteiger charge is 2.15. The topological polar surface area (TPSA) is 17.1 Å². The second-order valence-corrected chi connectivity index (χ2v) is 7.00. The predicted molar refractivity (Wildman–Crippen MR) is 81.2 cm³/mol. The molecule has 0 radical (unpaired) electrons. The van der Waals surface area contributed by atoms with Crippen LogP contribution in [0.15, 0.2) is 24.3 Å². The normalized spacial score (nSPS) is 11.5. The Bertz CT molecular complexity index is 360. The Morgan fingerprint density at radius 3 is 2.29 bits per heavy atom. The standard InChI is InChI=1S/C15H21IO/c1-15(2,3)11-14(17)6-4-5-12-7-9-13(16)10-8-12/h7-10H,4-6,11H2,1-3H3. The monoisotopic (exact) mass is 344 g/mol. The van der Waals surface area contributed by atoms with Crippen molar-refractivity contribution in [3.63, 3.8) is 0 Å². The highest BCUT2D eigenvalue weighted by molar-refractivity contribution is 14.1. The molecule has 0 spiro atoms. The van der Waals surface area contributed by atoms with Crippen LogP contribution in [0.25, 0.3) is 0 Å². The van der Waals surface area contributed by atoms with E-state index in [0.29, 0.717) is 18.6 Å². The smallest absolute Gasteiger partial charge is 0.133 e. The first-order valence-electron chi connectivity index (χ1n) is 6.13. The zero-order valence-corrected chi connectivity index (χ0v) is 13.1. The Hall–Kier alpha value is -0.380. The molecule has 1 rings (SSSR count). The third kappa shape index (κ3) is 6.81. The van der Waals surface area contributed by atoms with Gasteiger partial charge in [0.2, 0.25) is 0 Å². The van der Waals surface area contributed by atoms with Gasteiger partial charge in [-0.15, -0.1) is 0 Å². The molecule has 94 valence electrons. The second-order valence-electron chi connectivity index (χ2n) is 5.76.